The van der Waals surface area contributed by atoms with Crippen molar-refractivity contribution in [1.82, 2.24) is 4.98 Å². The number of anilines is 1. The van der Waals surface area contributed by atoms with E-state index in [0.717, 1.165) is 0 Å². The molecule has 0 fully saturated rings. The van der Waals surface area contributed by atoms with Gasteiger partial charge in [-0.25, -0.2) is 14.2 Å². The van der Waals surface area contributed by atoms with Crippen molar-refractivity contribution in [2.45, 2.75) is 13.0 Å². The number of hydrogen-bond acceptors (Lipinski definition) is 4. The molecule has 8 heteroatoms. The highest BCUT2D eigenvalue weighted by atomic mass is 35.5. The third-order valence-electron chi connectivity index (χ3n) is 2.79. The van der Waals surface area contributed by atoms with Gasteiger partial charge in [-0.2, -0.15) is 0 Å². The van der Waals surface area contributed by atoms with Crippen LogP contribution < -0.4 is 5.32 Å². The molecule has 1 atom stereocenters. The van der Waals surface area contributed by atoms with E-state index >= 15 is 0 Å². The molecule has 1 heterocycles. The predicted molar refractivity (Wildman–Crippen MR) is 84.2 cm³/mol. The maximum Gasteiger partial charge on any atom is 0.359 e. The summed E-state index contributed by atoms with van der Waals surface area (Å²) in [6.45, 7) is 1.34. The monoisotopic (exact) mass is 356 g/mol. The van der Waals surface area contributed by atoms with Crippen LogP contribution in [0.5, 0.6) is 0 Å². The number of para-hydroxylation sites is 1. The summed E-state index contributed by atoms with van der Waals surface area (Å²) in [6.07, 6.45) is -1.18. The third kappa shape index (κ3) is 4.40. The molecule has 2 rings (SSSR count). The first-order chi connectivity index (χ1) is 10.9. The van der Waals surface area contributed by atoms with Crippen molar-refractivity contribution in [1.29, 1.82) is 0 Å². The Morgan fingerprint density at radius 2 is 1.91 bits per heavy atom. The van der Waals surface area contributed by atoms with Crippen LogP contribution in [0.25, 0.3) is 0 Å². The lowest BCUT2D eigenvalue weighted by Gasteiger charge is -2.14. The molecule has 0 aliphatic heterocycles. The molecule has 1 N–H and O–H groups in total. The summed E-state index contributed by atoms with van der Waals surface area (Å²) in [5.74, 6) is -2.20. The number of pyridine rings is 1. The molecule has 23 heavy (non-hydrogen) atoms. The Balaban J connectivity index is 2.05. The number of benzene rings is 1. The van der Waals surface area contributed by atoms with Gasteiger partial charge < -0.3 is 10.1 Å². The van der Waals surface area contributed by atoms with E-state index in [1.165, 1.54) is 37.3 Å². The van der Waals surface area contributed by atoms with Gasteiger partial charge >= 0.3 is 5.97 Å². The third-order valence-corrected chi connectivity index (χ3v) is 3.31. The lowest BCUT2D eigenvalue weighted by molar-refractivity contribution is -0.123. The summed E-state index contributed by atoms with van der Waals surface area (Å²) in [5.41, 5.74) is -0.218. The van der Waals surface area contributed by atoms with Crippen molar-refractivity contribution in [3.63, 3.8) is 0 Å². The van der Waals surface area contributed by atoms with Crippen molar-refractivity contribution >= 4 is 40.8 Å². The van der Waals surface area contributed by atoms with Crippen molar-refractivity contribution in [2.75, 3.05) is 5.32 Å². The molecule has 0 spiro atoms. The standard InChI is InChI=1S/C15H11Cl2FN2O3/c1-8(14(21)19-11-5-3-2-4-10(11)18)23-15(22)13-9(16)6-7-12(17)20-13/h2-8H,1H3,(H,19,21)/t8-/m1/s1. The molecule has 0 bridgehead atoms. The molecular weight excluding hydrogens is 346 g/mol. The van der Waals surface area contributed by atoms with Crippen LogP contribution in [-0.2, 0) is 9.53 Å². The number of rotatable bonds is 4. The smallest absolute Gasteiger partial charge is 0.359 e. The van der Waals surface area contributed by atoms with Crippen LogP contribution in [0.3, 0.4) is 0 Å². The normalized spacial score (nSPS) is 11.7. The fourth-order valence-electron chi connectivity index (χ4n) is 1.63. The van der Waals surface area contributed by atoms with Crippen molar-refractivity contribution < 1.29 is 18.7 Å². The van der Waals surface area contributed by atoms with E-state index in [0.29, 0.717) is 0 Å². The lowest BCUT2D eigenvalue weighted by Crippen LogP contribution is -2.30. The zero-order valence-corrected chi connectivity index (χ0v) is 13.4. The number of esters is 1. The highest BCUT2D eigenvalue weighted by Crippen LogP contribution is 2.19. The van der Waals surface area contributed by atoms with Gasteiger partial charge in [0.2, 0.25) is 0 Å². The number of aromatic nitrogens is 1. The van der Waals surface area contributed by atoms with Gasteiger partial charge in [0.25, 0.3) is 5.91 Å². The second kappa shape index (κ2) is 7.39. The number of halogens is 3. The zero-order chi connectivity index (χ0) is 17.0. The predicted octanol–water partition coefficient (Wildman–Crippen LogP) is 3.71. The van der Waals surface area contributed by atoms with Gasteiger partial charge in [-0.05, 0) is 31.2 Å². The number of carbonyl (C=O) groups is 2. The van der Waals surface area contributed by atoms with E-state index in [-0.39, 0.29) is 21.6 Å². The lowest BCUT2D eigenvalue weighted by atomic mass is 10.3. The van der Waals surface area contributed by atoms with E-state index in [9.17, 15) is 14.0 Å². The van der Waals surface area contributed by atoms with Crippen molar-refractivity contribution in [3.05, 3.63) is 58.1 Å². The number of hydrogen-bond donors (Lipinski definition) is 1. The number of amides is 1. The molecule has 1 aromatic heterocycles. The summed E-state index contributed by atoms with van der Waals surface area (Å²) < 4.78 is 18.4. The van der Waals surface area contributed by atoms with Crippen LogP contribution in [0.1, 0.15) is 17.4 Å². The van der Waals surface area contributed by atoms with E-state index in [1.807, 2.05) is 0 Å². The average molecular weight is 357 g/mol. The molecule has 0 saturated carbocycles. The molecule has 0 saturated heterocycles. The number of carbonyl (C=O) groups excluding carboxylic acids is 2. The Morgan fingerprint density at radius 1 is 1.22 bits per heavy atom. The van der Waals surface area contributed by atoms with Gasteiger partial charge in [0, 0.05) is 0 Å². The fraction of sp³-hybridized carbons (Fsp3) is 0.133. The largest absolute Gasteiger partial charge is 0.448 e. The topological polar surface area (TPSA) is 68.3 Å². The Bertz CT molecular complexity index is 755. The maximum absolute atomic E-state index is 13.5. The molecule has 1 aromatic carbocycles. The minimum atomic E-state index is -1.18. The Morgan fingerprint density at radius 3 is 2.61 bits per heavy atom. The van der Waals surface area contributed by atoms with Gasteiger partial charge in [-0.3, -0.25) is 4.79 Å². The molecule has 5 nitrogen and oxygen atoms in total. The van der Waals surface area contributed by atoms with Gasteiger partial charge in [-0.1, -0.05) is 35.3 Å². The molecular formula is C15H11Cl2FN2O3. The van der Waals surface area contributed by atoms with Gasteiger partial charge in [-0.15, -0.1) is 0 Å². The first-order valence-corrected chi connectivity index (χ1v) is 7.22. The van der Waals surface area contributed by atoms with Gasteiger partial charge in [0.15, 0.2) is 11.8 Å². The summed E-state index contributed by atoms with van der Waals surface area (Å²) in [6, 6.07) is 8.43. The Kier molecular flexibility index (Phi) is 5.52. The van der Waals surface area contributed by atoms with Crippen molar-refractivity contribution in [3.8, 4) is 0 Å². The highest BCUT2D eigenvalue weighted by molar-refractivity contribution is 6.34. The second-order valence-electron chi connectivity index (χ2n) is 4.48. The summed E-state index contributed by atoms with van der Waals surface area (Å²) in [7, 11) is 0. The molecule has 0 unspecified atom stereocenters. The second-order valence-corrected chi connectivity index (χ2v) is 5.28. The Hall–Kier alpha value is -2.18. The molecule has 0 radical (unpaired) electrons. The van der Waals surface area contributed by atoms with E-state index in [4.69, 9.17) is 27.9 Å². The minimum Gasteiger partial charge on any atom is -0.448 e. The van der Waals surface area contributed by atoms with E-state index in [2.05, 4.69) is 10.3 Å². The number of nitrogens with one attached hydrogen (secondary N) is 1. The van der Waals surface area contributed by atoms with E-state index < -0.39 is 23.8 Å². The average Bonchev–Trinajstić information content (AvgIpc) is 2.51. The minimum absolute atomic E-state index is 0.0145. The summed E-state index contributed by atoms with van der Waals surface area (Å²) >= 11 is 11.5. The van der Waals surface area contributed by atoms with Gasteiger partial charge in [0.05, 0.1) is 10.7 Å². The summed E-state index contributed by atoms with van der Waals surface area (Å²) in [5, 5.41) is 2.42. The first kappa shape index (κ1) is 17.2. The van der Waals surface area contributed by atoms with Crippen LogP contribution >= 0.6 is 23.2 Å². The number of nitrogens with zero attached hydrogens (tertiary/aromatic N) is 1. The van der Waals surface area contributed by atoms with Crippen LogP contribution in [0.4, 0.5) is 10.1 Å². The van der Waals surface area contributed by atoms with Crippen LogP contribution in [-0.4, -0.2) is 23.0 Å². The van der Waals surface area contributed by atoms with E-state index in [1.54, 1.807) is 6.07 Å². The fourth-order valence-corrected chi connectivity index (χ4v) is 1.96. The molecule has 0 aliphatic rings. The molecule has 1 amide bonds. The van der Waals surface area contributed by atoms with Crippen molar-refractivity contribution in [2.24, 2.45) is 0 Å². The number of ether oxygens (including phenoxy) is 1. The van der Waals surface area contributed by atoms with Crippen LogP contribution in [0.2, 0.25) is 10.2 Å². The SMILES string of the molecule is C[C@@H](OC(=O)c1nc(Cl)ccc1Cl)C(=O)Nc1ccccc1F. The van der Waals surface area contributed by atoms with Crippen LogP contribution in [0.15, 0.2) is 36.4 Å². The molecule has 2 aromatic rings. The quantitative estimate of drug-likeness (QED) is 0.669. The molecule has 120 valence electrons. The highest BCUT2D eigenvalue weighted by Gasteiger charge is 2.22. The zero-order valence-electron chi connectivity index (χ0n) is 11.8. The maximum atomic E-state index is 13.5. The Labute approximate surface area is 141 Å². The first-order valence-electron chi connectivity index (χ1n) is 6.47. The summed E-state index contributed by atoms with van der Waals surface area (Å²) in [4.78, 5) is 27.7. The van der Waals surface area contributed by atoms with Crippen LogP contribution in [0, 0.1) is 5.82 Å². The van der Waals surface area contributed by atoms with Gasteiger partial charge in [0.1, 0.15) is 11.0 Å². The molecule has 0 aliphatic carbocycles.